The first-order chi connectivity index (χ1) is 11.8. The van der Waals surface area contributed by atoms with Crippen molar-refractivity contribution in [3.05, 3.63) is 41.7 Å². The topological polar surface area (TPSA) is 85.5 Å². The van der Waals surface area contributed by atoms with Crippen molar-refractivity contribution in [3.8, 4) is 11.5 Å². The molecule has 126 valence electrons. The minimum atomic E-state index is -0.158. The minimum absolute atomic E-state index is 0.0427. The summed E-state index contributed by atoms with van der Waals surface area (Å²) in [7, 11) is 0. The lowest BCUT2D eigenvalue weighted by Gasteiger charge is -2.31. The van der Waals surface area contributed by atoms with E-state index < -0.39 is 0 Å². The van der Waals surface area contributed by atoms with Gasteiger partial charge in [0, 0.05) is 30.8 Å². The number of hydrogen-bond donors (Lipinski definition) is 2. The molecule has 4 rings (SSSR count). The van der Waals surface area contributed by atoms with E-state index in [1.165, 1.54) is 0 Å². The molecule has 1 aromatic heterocycles. The molecule has 0 unspecified atom stereocenters. The second-order valence-electron chi connectivity index (χ2n) is 5.97. The number of carbonyl (C=O) groups is 1. The van der Waals surface area contributed by atoms with Gasteiger partial charge in [-0.25, -0.2) is 0 Å². The number of nitrogens with one attached hydrogen (secondary N) is 2. The Kier molecular flexibility index (Phi) is 4.08. The van der Waals surface area contributed by atoms with E-state index in [-0.39, 0.29) is 24.7 Å². The summed E-state index contributed by atoms with van der Waals surface area (Å²) in [6, 6.07) is 5.33. The molecule has 1 fully saturated rings. The molecule has 24 heavy (non-hydrogen) atoms. The number of hydrogen-bond acceptors (Lipinski definition) is 5. The molecule has 2 N–H and O–H groups in total. The number of benzene rings is 1. The van der Waals surface area contributed by atoms with Crippen molar-refractivity contribution in [2.24, 2.45) is 5.92 Å². The van der Waals surface area contributed by atoms with Crippen LogP contribution in [0.3, 0.4) is 0 Å². The highest BCUT2D eigenvalue weighted by Crippen LogP contribution is 2.36. The molecule has 2 aromatic rings. The van der Waals surface area contributed by atoms with E-state index in [0.717, 1.165) is 25.0 Å². The molecule has 1 amide bonds. The average Bonchev–Trinajstić information content (AvgIpc) is 3.30. The first-order valence-corrected chi connectivity index (χ1v) is 8.10. The maximum Gasteiger partial charge on any atom is 0.255 e. The Labute approximate surface area is 139 Å². The zero-order valence-electron chi connectivity index (χ0n) is 13.2. The number of ether oxygens (including phenoxy) is 3. The molecule has 7 nitrogen and oxygen atoms in total. The average molecular weight is 329 g/mol. The van der Waals surface area contributed by atoms with Crippen LogP contribution in [0.2, 0.25) is 0 Å². The van der Waals surface area contributed by atoms with Crippen LogP contribution in [0.5, 0.6) is 11.5 Å². The summed E-state index contributed by atoms with van der Waals surface area (Å²) in [4.78, 5) is 12.5. The number of amides is 1. The van der Waals surface area contributed by atoms with Crippen molar-refractivity contribution < 1.29 is 19.0 Å². The Morgan fingerprint density at radius 2 is 2.33 bits per heavy atom. The predicted octanol–water partition coefficient (Wildman–Crippen LogP) is 2.04. The van der Waals surface area contributed by atoms with Crippen molar-refractivity contribution in [1.82, 2.24) is 15.5 Å². The molecule has 0 spiro atoms. The van der Waals surface area contributed by atoms with E-state index >= 15 is 0 Å². The highest BCUT2D eigenvalue weighted by molar-refractivity contribution is 5.97. The number of carbonyl (C=O) groups excluding carboxylic acids is 1. The molecule has 0 saturated carbocycles. The van der Waals surface area contributed by atoms with Crippen LogP contribution in [0.15, 0.2) is 30.6 Å². The van der Waals surface area contributed by atoms with Crippen LogP contribution in [0, 0.1) is 5.92 Å². The Balaban J connectivity index is 1.44. The van der Waals surface area contributed by atoms with Gasteiger partial charge in [0.2, 0.25) is 6.79 Å². The monoisotopic (exact) mass is 329 g/mol. The fourth-order valence-corrected chi connectivity index (χ4v) is 3.27. The summed E-state index contributed by atoms with van der Waals surface area (Å²) in [6.45, 7) is 1.43. The van der Waals surface area contributed by atoms with Crippen LogP contribution in [-0.4, -0.2) is 36.0 Å². The van der Waals surface area contributed by atoms with Crippen molar-refractivity contribution in [2.45, 2.75) is 18.9 Å². The maximum absolute atomic E-state index is 12.5. The molecular weight excluding hydrogens is 310 g/mol. The molecule has 3 heterocycles. The van der Waals surface area contributed by atoms with Crippen LogP contribution < -0.4 is 14.8 Å². The van der Waals surface area contributed by atoms with Crippen molar-refractivity contribution in [2.75, 3.05) is 19.9 Å². The van der Waals surface area contributed by atoms with Crippen LogP contribution >= 0.6 is 0 Å². The molecule has 2 aliphatic heterocycles. The van der Waals surface area contributed by atoms with Crippen LogP contribution in [0.4, 0.5) is 0 Å². The number of para-hydroxylation sites is 1. The van der Waals surface area contributed by atoms with Gasteiger partial charge >= 0.3 is 0 Å². The Morgan fingerprint density at radius 3 is 3.21 bits per heavy atom. The van der Waals surface area contributed by atoms with Crippen molar-refractivity contribution >= 4 is 5.91 Å². The van der Waals surface area contributed by atoms with E-state index in [4.69, 9.17) is 14.2 Å². The molecule has 2 atom stereocenters. The smallest absolute Gasteiger partial charge is 0.255 e. The Morgan fingerprint density at radius 1 is 1.38 bits per heavy atom. The zero-order chi connectivity index (χ0) is 16.4. The molecule has 7 heteroatoms. The van der Waals surface area contributed by atoms with Crippen LogP contribution in [0.25, 0.3) is 0 Å². The summed E-state index contributed by atoms with van der Waals surface area (Å²) in [5.41, 5.74) is 1.52. The standard InChI is InChI=1S/C17H19N3O4/c21-17(13-4-1-5-14-16(13)24-10-23-14)18-7-11-3-2-6-22-15(11)12-8-19-20-9-12/h1,4-5,8-9,11,15H,2-3,6-7,10H2,(H,18,21)(H,19,20)/t11-,15+/m0/s1. The Bertz CT molecular complexity index is 717. The van der Waals surface area contributed by atoms with Gasteiger partial charge in [-0.2, -0.15) is 5.10 Å². The second kappa shape index (κ2) is 6.52. The number of fused-ring (bicyclic) bond motifs is 1. The lowest BCUT2D eigenvalue weighted by molar-refractivity contribution is -0.0272. The van der Waals surface area contributed by atoms with Crippen LogP contribution in [-0.2, 0) is 4.74 Å². The summed E-state index contributed by atoms with van der Waals surface area (Å²) < 4.78 is 16.6. The fraction of sp³-hybridized carbons (Fsp3) is 0.412. The lowest BCUT2D eigenvalue weighted by Crippen LogP contribution is -2.35. The van der Waals surface area contributed by atoms with E-state index in [1.807, 2.05) is 6.20 Å². The van der Waals surface area contributed by atoms with Crippen molar-refractivity contribution in [3.63, 3.8) is 0 Å². The Hall–Kier alpha value is -2.54. The quantitative estimate of drug-likeness (QED) is 0.896. The van der Waals surface area contributed by atoms with Gasteiger partial charge in [-0.05, 0) is 25.0 Å². The molecule has 0 bridgehead atoms. The van der Waals surface area contributed by atoms with Gasteiger partial charge in [-0.3, -0.25) is 9.89 Å². The van der Waals surface area contributed by atoms with Gasteiger partial charge < -0.3 is 19.5 Å². The third kappa shape index (κ3) is 2.82. The fourth-order valence-electron chi connectivity index (χ4n) is 3.27. The van der Waals surface area contributed by atoms with E-state index in [1.54, 1.807) is 24.4 Å². The minimum Gasteiger partial charge on any atom is -0.454 e. The number of nitrogens with zero attached hydrogens (tertiary/aromatic N) is 1. The van der Waals surface area contributed by atoms with Gasteiger partial charge in [-0.15, -0.1) is 0 Å². The zero-order valence-corrected chi connectivity index (χ0v) is 13.2. The normalized spacial score (nSPS) is 22.3. The number of aromatic amines is 1. The number of H-pyrrole nitrogens is 1. The summed E-state index contributed by atoms with van der Waals surface area (Å²) in [6.07, 6.45) is 5.58. The predicted molar refractivity (Wildman–Crippen MR) is 84.9 cm³/mol. The summed E-state index contributed by atoms with van der Waals surface area (Å²) in [5, 5.41) is 9.82. The molecular formula is C17H19N3O4. The molecule has 1 saturated heterocycles. The van der Waals surface area contributed by atoms with Crippen molar-refractivity contribution in [1.29, 1.82) is 0 Å². The summed E-state index contributed by atoms with van der Waals surface area (Å²) >= 11 is 0. The molecule has 2 aliphatic rings. The van der Waals surface area contributed by atoms with Gasteiger partial charge in [0.05, 0.1) is 17.9 Å². The highest BCUT2D eigenvalue weighted by Gasteiger charge is 2.29. The van der Waals surface area contributed by atoms with Gasteiger partial charge in [0.25, 0.3) is 5.91 Å². The maximum atomic E-state index is 12.5. The van der Waals surface area contributed by atoms with Gasteiger partial charge in [0.15, 0.2) is 11.5 Å². The lowest BCUT2D eigenvalue weighted by atomic mass is 9.91. The highest BCUT2D eigenvalue weighted by atomic mass is 16.7. The van der Waals surface area contributed by atoms with E-state index in [9.17, 15) is 4.79 Å². The molecule has 1 aromatic carbocycles. The summed E-state index contributed by atoms with van der Waals surface area (Å²) in [5.74, 6) is 1.18. The van der Waals surface area contributed by atoms with E-state index in [0.29, 0.717) is 23.6 Å². The third-order valence-electron chi connectivity index (χ3n) is 4.46. The SMILES string of the molecule is O=C(NC[C@@H]1CCCO[C@H]1c1cn[nH]c1)c1cccc2c1OCO2. The van der Waals surface area contributed by atoms with E-state index in [2.05, 4.69) is 15.5 Å². The number of aromatic nitrogens is 2. The molecule has 0 aliphatic carbocycles. The third-order valence-corrected chi connectivity index (χ3v) is 4.46. The first-order valence-electron chi connectivity index (χ1n) is 8.10. The number of rotatable bonds is 4. The van der Waals surface area contributed by atoms with Gasteiger partial charge in [-0.1, -0.05) is 6.07 Å². The van der Waals surface area contributed by atoms with Gasteiger partial charge in [0.1, 0.15) is 0 Å². The second-order valence-corrected chi connectivity index (χ2v) is 5.97. The van der Waals surface area contributed by atoms with Crippen LogP contribution in [0.1, 0.15) is 34.9 Å². The largest absolute Gasteiger partial charge is 0.454 e. The molecule has 0 radical (unpaired) electrons. The first kappa shape index (κ1) is 15.0.